The number of fused-ring (bicyclic) bond motifs is 1. The SMILES string of the molecule is CC/C=N/Nc1nc(N2CCOCC2)c2oc(C(=O)NC)cc2n1. The lowest BCUT2D eigenvalue weighted by atomic mass is 10.3. The normalized spacial score (nSPS) is 15.2. The molecule has 0 aliphatic carbocycles. The number of hydrogen-bond donors (Lipinski definition) is 2. The van der Waals surface area contributed by atoms with Crippen molar-refractivity contribution in [2.24, 2.45) is 5.10 Å². The van der Waals surface area contributed by atoms with Crippen molar-refractivity contribution in [2.75, 3.05) is 43.7 Å². The minimum absolute atomic E-state index is 0.200. The minimum Gasteiger partial charge on any atom is -0.445 e. The number of amides is 1. The van der Waals surface area contributed by atoms with E-state index in [-0.39, 0.29) is 11.7 Å². The molecule has 2 aromatic rings. The number of carbonyl (C=O) groups is 1. The minimum atomic E-state index is -0.306. The molecule has 2 aromatic heterocycles. The highest BCUT2D eigenvalue weighted by molar-refractivity contribution is 5.97. The lowest BCUT2D eigenvalue weighted by molar-refractivity contribution is 0.0937. The zero-order valence-corrected chi connectivity index (χ0v) is 13.7. The van der Waals surface area contributed by atoms with Gasteiger partial charge in [-0.1, -0.05) is 6.92 Å². The average molecular weight is 332 g/mol. The van der Waals surface area contributed by atoms with Crippen LogP contribution in [0.2, 0.25) is 0 Å². The number of nitrogens with zero attached hydrogens (tertiary/aromatic N) is 4. The molecule has 3 heterocycles. The second-order valence-corrected chi connectivity index (χ2v) is 5.21. The van der Waals surface area contributed by atoms with E-state index in [4.69, 9.17) is 9.15 Å². The first-order valence-corrected chi connectivity index (χ1v) is 7.86. The largest absolute Gasteiger partial charge is 0.445 e. The molecule has 0 saturated carbocycles. The summed E-state index contributed by atoms with van der Waals surface area (Å²) in [4.78, 5) is 22.8. The van der Waals surface area contributed by atoms with Crippen LogP contribution in [0.3, 0.4) is 0 Å². The van der Waals surface area contributed by atoms with Crippen LogP contribution in [-0.2, 0) is 4.74 Å². The molecule has 0 aromatic carbocycles. The summed E-state index contributed by atoms with van der Waals surface area (Å²) in [6.45, 7) is 4.61. The number of rotatable bonds is 5. The number of carbonyl (C=O) groups excluding carboxylic acids is 1. The van der Waals surface area contributed by atoms with Gasteiger partial charge in [-0.3, -0.25) is 4.79 Å². The highest BCUT2D eigenvalue weighted by atomic mass is 16.5. The number of morpholine rings is 1. The molecule has 24 heavy (non-hydrogen) atoms. The van der Waals surface area contributed by atoms with Crippen LogP contribution < -0.4 is 15.6 Å². The van der Waals surface area contributed by atoms with Gasteiger partial charge in [0.15, 0.2) is 17.2 Å². The van der Waals surface area contributed by atoms with Crippen molar-refractivity contribution < 1.29 is 13.9 Å². The Morgan fingerprint density at radius 2 is 2.21 bits per heavy atom. The maximum absolute atomic E-state index is 11.8. The van der Waals surface area contributed by atoms with Crippen molar-refractivity contribution in [3.05, 3.63) is 11.8 Å². The van der Waals surface area contributed by atoms with Gasteiger partial charge in [-0.15, -0.1) is 0 Å². The molecular weight excluding hydrogens is 312 g/mol. The predicted octanol–water partition coefficient (Wildman–Crippen LogP) is 1.23. The van der Waals surface area contributed by atoms with Crippen LogP contribution in [0.15, 0.2) is 15.6 Å². The topological polar surface area (TPSA) is 105 Å². The van der Waals surface area contributed by atoms with Crippen molar-refractivity contribution in [1.29, 1.82) is 0 Å². The monoisotopic (exact) mass is 332 g/mol. The number of anilines is 2. The fourth-order valence-electron chi connectivity index (χ4n) is 2.38. The molecule has 0 atom stereocenters. The van der Waals surface area contributed by atoms with Gasteiger partial charge in [0, 0.05) is 32.4 Å². The summed E-state index contributed by atoms with van der Waals surface area (Å²) in [5, 5.41) is 6.60. The second kappa shape index (κ2) is 7.26. The summed E-state index contributed by atoms with van der Waals surface area (Å²) in [6.07, 6.45) is 2.53. The maximum atomic E-state index is 11.8. The average Bonchev–Trinajstić information content (AvgIpc) is 3.05. The highest BCUT2D eigenvalue weighted by Gasteiger charge is 2.22. The molecule has 0 unspecified atom stereocenters. The van der Waals surface area contributed by atoms with Crippen LogP contribution in [0.4, 0.5) is 11.8 Å². The standard InChI is InChI=1S/C15H20N6O3/c1-3-4-17-20-15-18-10-9-11(14(22)16-2)24-12(10)13(19-15)21-5-7-23-8-6-21/h4,9H,3,5-8H2,1-2H3,(H,16,22)(H,18,19,20)/b17-4+. The smallest absolute Gasteiger partial charge is 0.286 e. The Morgan fingerprint density at radius 1 is 1.42 bits per heavy atom. The van der Waals surface area contributed by atoms with Crippen molar-refractivity contribution in [3.63, 3.8) is 0 Å². The Hall–Kier alpha value is -2.68. The Bertz CT molecular complexity index is 751. The van der Waals surface area contributed by atoms with Crippen LogP contribution in [0, 0.1) is 0 Å². The zero-order chi connectivity index (χ0) is 16.9. The molecule has 1 fully saturated rings. The third-order valence-electron chi connectivity index (χ3n) is 3.55. The lowest BCUT2D eigenvalue weighted by Crippen LogP contribution is -2.37. The molecule has 128 valence electrons. The Labute approximate surface area is 139 Å². The number of nitrogens with one attached hydrogen (secondary N) is 2. The van der Waals surface area contributed by atoms with Crippen LogP contribution in [0.25, 0.3) is 11.1 Å². The number of furan rings is 1. The van der Waals surface area contributed by atoms with E-state index in [1.54, 1.807) is 19.3 Å². The van der Waals surface area contributed by atoms with E-state index in [0.717, 1.165) is 6.42 Å². The maximum Gasteiger partial charge on any atom is 0.286 e. The van der Waals surface area contributed by atoms with Gasteiger partial charge in [-0.25, -0.2) is 10.4 Å². The molecule has 0 radical (unpaired) electrons. The van der Waals surface area contributed by atoms with Gasteiger partial charge >= 0.3 is 0 Å². The second-order valence-electron chi connectivity index (χ2n) is 5.21. The van der Waals surface area contributed by atoms with Gasteiger partial charge in [-0.05, 0) is 6.42 Å². The molecule has 1 aliphatic heterocycles. The summed E-state index contributed by atoms with van der Waals surface area (Å²) in [6, 6.07) is 1.61. The first-order chi connectivity index (χ1) is 11.7. The summed E-state index contributed by atoms with van der Waals surface area (Å²) in [5.41, 5.74) is 3.86. The third kappa shape index (κ3) is 3.30. The van der Waals surface area contributed by atoms with Gasteiger partial charge in [0.25, 0.3) is 5.91 Å². The lowest BCUT2D eigenvalue weighted by Gasteiger charge is -2.27. The summed E-state index contributed by atoms with van der Waals surface area (Å²) >= 11 is 0. The number of aromatic nitrogens is 2. The van der Waals surface area contributed by atoms with E-state index in [9.17, 15) is 4.79 Å². The number of hydrogen-bond acceptors (Lipinski definition) is 8. The van der Waals surface area contributed by atoms with Crippen LogP contribution in [0.1, 0.15) is 23.9 Å². The summed E-state index contributed by atoms with van der Waals surface area (Å²) < 4.78 is 11.1. The molecule has 1 amide bonds. The van der Waals surface area contributed by atoms with Gasteiger partial charge in [0.1, 0.15) is 5.52 Å². The molecule has 2 N–H and O–H groups in total. The van der Waals surface area contributed by atoms with E-state index in [2.05, 4.69) is 30.7 Å². The molecular formula is C15H20N6O3. The van der Waals surface area contributed by atoms with Crippen LogP contribution in [0.5, 0.6) is 0 Å². The van der Waals surface area contributed by atoms with Crippen LogP contribution >= 0.6 is 0 Å². The summed E-state index contributed by atoms with van der Waals surface area (Å²) in [5.74, 6) is 0.885. The quantitative estimate of drug-likeness (QED) is 0.626. The van der Waals surface area contributed by atoms with E-state index in [1.807, 2.05) is 6.92 Å². The molecule has 0 bridgehead atoms. The molecule has 0 spiro atoms. The van der Waals surface area contributed by atoms with Gasteiger partial charge in [0.2, 0.25) is 5.95 Å². The Morgan fingerprint density at radius 3 is 2.92 bits per heavy atom. The van der Waals surface area contributed by atoms with E-state index >= 15 is 0 Å². The molecule has 9 heteroatoms. The van der Waals surface area contributed by atoms with E-state index in [0.29, 0.717) is 49.2 Å². The molecule has 1 aliphatic rings. The number of hydrazone groups is 1. The van der Waals surface area contributed by atoms with Gasteiger partial charge in [0.05, 0.1) is 13.2 Å². The van der Waals surface area contributed by atoms with Crippen LogP contribution in [-0.4, -0.2) is 55.4 Å². The molecule has 3 rings (SSSR count). The van der Waals surface area contributed by atoms with E-state index < -0.39 is 0 Å². The fourth-order valence-corrected chi connectivity index (χ4v) is 2.38. The number of ether oxygens (including phenoxy) is 1. The zero-order valence-electron chi connectivity index (χ0n) is 13.7. The predicted molar refractivity (Wildman–Crippen MR) is 90.6 cm³/mol. The third-order valence-corrected chi connectivity index (χ3v) is 3.55. The van der Waals surface area contributed by atoms with Crippen molar-refractivity contribution in [2.45, 2.75) is 13.3 Å². The van der Waals surface area contributed by atoms with Gasteiger partial charge < -0.3 is 19.4 Å². The van der Waals surface area contributed by atoms with Crippen molar-refractivity contribution >= 4 is 35.0 Å². The van der Waals surface area contributed by atoms with Crippen molar-refractivity contribution in [1.82, 2.24) is 15.3 Å². The molecule has 9 nitrogen and oxygen atoms in total. The molecule has 1 saturated heterocycles. The Kier molecular flexibility index (Phi) is 4.90. The van der Waals surface area contributed by atoms with E-state index in [1.165, 1.54) is 0 Å². The first-order valence-electron chi connectivity index (χ1n) is 7.86. The fraction of sp³-hybridized carbons (Fsp3) is 0.467. The van der Waals surface area contributed by atoms with Gasteiger partial charge in [-0.2, -0.15) is 10.1 Å². The Balaban J connectivity index is 2.04. The first kappa shape index (κ1) is 16.2. The summed E-state index contributed by atoms with van der Waals surface area (Å²) in [7, 11) is 1.55. The van der Waals surface area contributed by atoms with Crippen molar-refractivity contribution in [3.8, 4) is 0 Å². The highest BCUT2D eigenvalue weighted by Crippen LogP contribution is 2.29.